The fraction of sp³-hybridized carbons (Fsp3) is 0.227. The average molecular weight is 389 g/mol. The van der Waals surface area contributed by atoms with Gasteiger partial charge in [0.15, 0.2) is 0 Å². The van der Waals surface area contributed by atoms with Crippen LogP contribution in [0.2, 0.25) is 0 Å². The molecule has 2 N–H and O–H groups in total. The van der Waals surface area contributed by atoms with E-state index in [1.54, 1.807) is 25.1 Å². The van der Waals surface area contributed by atoms with Crippen molar-refractivity contribution in [1.29, 1.82) is 0 Å². The number of nitrogens with zero attached hydrogens (tertiary/aromatic N) is 3. The summed E-state index contributed by atoms with van der Waals surface area (Å²) in [7, 11) is 0. The van der Waals surface area contributed by atoms with E-state index in [2.05, 4.69) is 20.4 Å². The zero-order valence-electron chi connectivity index (χ0n) is 15.9. The standard InChI is InChI=1S/C22H20FN5O/c1-13-16(12-24-28(13)20-8-3-2-7-17(20)23)22(29)25-15-9-10-18-19(11-15)27-21(26-18)14-5-4-6-14/h2-3,7-12,14H,4-6H2,1H3,(H,25,29)(H,26,27). The smallest absolute Gasteiger partial charge is 0.259 e. The monoisotopic (exact) mass is 389 g/mol. The molecule has 5 rings (SSSR count). The van der Waals surface area contributed by atoms with Gasteiger partial charge in [-0.25, -0.2) is 14.1 Å². The first-order valence-corrected chi connectivity index (χ1v) is 9.70. The molecule has 1 amide bonds. The van der Waals surface area contributed by atoms with Crippen molar-refractivity contribution in [1.82, 2.24) is 19.7 Å². The van der Waals surface area contributed by atoms with Gasteiger partial charge in [0, 0.05) is 11.6 Å². The van der Waals surface area contributed by atoms with E-state index in [1.807, 2.05) is 18.2 Å². The number of nitrogens with one attached hydrogen (secondary N) is 2. The lowest BCUT2D eigenvalue weighted by Gasteiger charge is -2.22. The van der Waals surface area contributed by atoms with Crippen LogP contribution in [0.15, 0.2) is 48.7 Å². The molecule has 6 nitrogen and oxygen atoms in total. The van der Waals surface area contributed by atoms with Crippen LogP contribution in [0.1, 0.15) is 47.1 Å². The van der Waals surface area contributed by atoms with Crippen molar-refractivity contribution in [3.8, 4) is 5.69 Å². The number of anilines is 1. The predicted molar refractivity (Wildman–Crippen MR) is 109 cm³/mol. The van der Waals surface area contributed by atoms with Gasteiger partial charge in [0.1, 0.15) is 17.3 Å². The molecule has 7 heteroatoms. The number of carbonyl (C=O) groups excluding carboxylic acids is 1. The molecule has 0 atom stereocenters. The van der Waals surface area contributed by atoms with Crippen molar-refractivity contribution in [3.63, 3.8) is 0 Å². The van der Waals surface area contributed by atoms with E-state index in [4.69, 9.17) is 0 Å². The molecule has 0 radical (unpaired) electrons. The minimum absolute atomic E-state index is 0.289. The van der Waals surface area contributed by atoms with E-state index in [0.717, 1.165) is 16.9 Å². The first-order valence-electron chi connectivity index (χ1n) is 9.70. The van der Waals surface area contributed by atoms with E-state index >= 15 is 0 Å². The van der Waals surface area contributed by atoms with Crippen LogP contribution in [-0.4, -0.2) is 25.7 Å². The molecule has 0 bridgehead atoms. The highest BCUT2D eigenvalue weighted by Gasteiger charge is 2.23. The van der Waals surface area contributed by atoms with Gasteiger partial charge in [-0.1, -0.05) is 18.6 Å². The minimum atomic E-state index is -0.391. The maximum atomic E-state index is 14.1. The first kappa shape index (κ1) is 17.6. The highest BCUT2D eigenvalue weighted by Crippen LogP contribution is 2.35. The van der Waals surface area contributed by atoms with Crippen molar-refractivity contribution in [3.05, 3.63) is 71.6 Å². The number of benzene rings is 2. The van der Waals surface area contributed by atoms with Gasteiger partial charge in [-0.2, -0.15) is 5.10 Å². The van der Waals surface area contributed by atoms with Gasteiger partial charge in [-0.3, -0.25) is 4.79 Å². The molecule has 2 heterocycles. The highest BCUT2D eigenvalue weighted by atomic mass is 19.1. The number of H-pyrrole nitrogens is 1. The molecular weight excluding hydrogens is 369 g/mol. The van der Waals surface area contributed by atoms with E-state index in [0.29, 0.717) is 28.6 Å². The van der Waals surface area contributed by atoms with Crippen LogP contribution in [-0.2, 0) is 0 Å². The first-order chi connectivity index (χ1) is 14.1. The van der Waals surface area contributed by atoms with E-state index < -0.39 is 5.82 Å². The number of amides is 1. The Labute approximate surface area is 166 Å². The summed E-state index contributed by atoms with van der Waals surface area (Å²) in [5.41, 5.74) is 3.75. The Morgan fingerprint density at radius 2 is 2.07 bits per heavy atom. The van der Waals surface area contributed by atoms with Gasteiger partial charge in [-0.15, -0.1) is 0 Å². The molecule has 4 aromatic rings. The van der Waals surface area contributed by atoms with Crippen LogP contribution in [0.4, 0.5) is 10.1 Å². The van der Waals surface area contributed by atoms with Crippen molar-refractivity contribution in [2.24, 2.45) is 0 Å². The second-order valence-corrected chi connectivity index (χ2v) is 7.44. The van der Waals surface area contributed by atoms with Crippen LogP contribution < -0.4 is 5.32 Å². The summed E-state index contributed by atoms with van der Waals surface area (Å²) in [5, 5.41) is 7.10. The molecule has 29 heavy (non-hydrogen) atoms. The molecule has 146 valence electrons. The fourth-order valence-electron chi connectivity index (χ4n) is 3.68. The van der Waals surface area contributed by atoms with Gasteiger partial charge in [0.05, 0.1) is 28.5 Å². The predicted octanol–water partition coefficient (Wildman–Crippen LogP) is 4.72. The van der Waals surface area contributed by atoms with E-state index in [-0.39, 0.29) is 5.91 Å². The van der Waals surface area contributed by atoms with Crippen LogP contribution in [0, 0.1) is 12.7 Å². The lowest BCUT2D eigenvalue weighted by atomic mass is 9.85. The third kappa shape index (κ3) is 3.08. The zero-order valence-corrected chi connectivity index (χ0v) is 15.9. The molecule has 1 saturated carbocycles. The zero-order chi connectivity index (χ0) is 20.0. The number of para-hydroxylation sites is 1. The molecule has 0 unspecified atom stereocenters. The van der Waals surface area contributed by atoms with Gasteiger partial charge in [0.2, 0.25) is 0 Å². The number of aromatic amines is 1. The van der Waals surface area contributed by atoms with E-state index in [9.17, 15) is 9.18 Å². The molecule has 1 aliphatic rings. The van der Waals surface area contributed by atoms with Crippen LogP contribution in [0.3, 0.4) is 0 Å². The maximum Gasteiger partial charge on any atom is 0.259 e. The molecule has 2 aromatic carbocycles. The summed E-state index contributed by atoms with van der Waals surface area (Å²) in [6, 6.07) is 12.0. The van der Waals surface area contributed by atoms with Crippen LogP contribution in [0.5, 0.6) is 0 Å². The number of imidazole rings is 1. The normalized spacial score (nSPS) is 14.1. The highest BCUT2D eigenvalue weighted by molar-refractivity contribution is 6.05. The van der Waals surface area contributed by atoms with Gasteiger partial charge in [-0.05, 0) is 50.1 Å². The number of aromatic nitrogens is 4. The SMILES string of the molecule is Cc1c(C(=O)Nc2ccc3nc(C4CCC4)[nH]c3c2)cnn1-c1ccccc1F. The molecule has 0 aliphatic heterocycles. The molecule has 1 fully saturated rings. The van der Waals surface area contributed by atoms with Gasteiger partial charge < -0.3 is 10.3 Å². The van der Waals surface area contributed by atoms with Crippen molar-refractivity contribution >= 4 is 22.6 Å². The summed E-state index contributed by atoms with van der Waals surface area (Å²) >= 11 is 0. The second-order valence-electron chi connectivity index (χ2n) is 7.44. The van der Waals surface area contributed by atoms with Gasteiger partial charge >= 0.3 is 0 Å². The third-order valence-corrected chi connectivity index (χ3v) is 5.58. The topological polar surface area (TPSA) is 75.6 Å². The average Bonchev–Trinajstić information content (AvgIpc) is 3.23. The summed E-state index contributed by atoms with van der Waals surface area (Å²) in [6.45, 7) is 1.75. The van der Waals surface area contributed by atoms with E-state index in [1.165, 1.54) is 36.2 Å². The summed E-state index contributed by atoms with van der Waals surface area (Å²) in [5.74, 6) is 0.866. The lowest BCUT2D eigenvalue weighted by Crippen LogP contribution is -2.13. The summed E-state index contributed by atoms with van der Waals surface area (Å²) in [6.07, 6.45) is 5.06. The Morgan fingerprint density at radius 1 is 1.24 bits per heavy atom. The Morgan fingerprint density at radius 3 is 2.83 bits per heavy atom. The Balaban J connectivity index is 1.39. The molecule has 2 aromatic heterocycles. The number of fused-ring (bicyclic) bond motifs is 1. The number of hydrogen-bond acceptors (Lipinski definition) is 3. The lowest BCUT2D eigenvalue weighted by molar-refractivity contribution is 0.102. The minimum Gasteiger partial charge on any atom is -0.342 e. The van der Waals surface area contributed by atoms with Gasteiger partial charge in [0.25, 0.3) is 5.91 Å². The number of carbonyl (C=O) groups is 1. The molecule has 0 saturated heterocycles. The number of rotatable bonds is 4. The van der Waals surface area contributed by atoms with Crippen molar-refractivity contribution in [2.45, 2.75) is 32.1 Å². The number of halogens is 1. The Bertz CT molecular complexity index is 1220. The fourth-order valence-corrected chi connectivity index (χ4v) is 3.68. The molecule has 1 aliphatic carbocycles. The summed E-state index contributed by atoms with van der Waals surface area (Å²) < 4.78 is 15.5. The Kier molecular flexibility index (Phi) is 4.16. The molecular formula is C22H20FN5O. The third-order valence-electron chi connectivity index (χ3n) is 5.58. The number of hydrogen-bond donors (Lipinski definition) is 2. The van der Waals surface area contributed by atoms with Crippen LogP contribution in [0.25, 0.3) is 16.7 Å². The largest absolute Gasteiger partial charge is 0.342 e. The van der Waals surface area contributed by atoms with Crippen LogP contribution >= 0.6 is 0 Å². The van der Waals surface area contributed by atoms with Crippen molar-refractivity contribution < 1.29 is 9.18 Å². The molecule has 0 spiro atoms. The van der Waals surface area contributed by atoms with Crippen molar-refractivity contribution in [2.75, 3.05) is 5.32 Å². The summed E-state index contributed by atoms with van der Waals surface area (Å²) in [4.78, 5) is 20.8. The quantitative estimate of drug-likeness (QED) is 0.530. The maximum absolute atomic E-state index is 14.1. The Hall–Kier alpha value is -3.48. The second kappa shape index (κ2) is 6.84.